The van der Waals surface area contributed by atoms with Crippen LogP contribution in [0.3, 0.4) is 0 Å². The van der Waals surface area contributed by atoms with Gasteiger partial charge in [-0.1, -0.05) is 256 Å². The molecule has 0 saturated heterocycles. The monoisotopic (exact) mass is 1720 g/mol. The lowest BCUT2D eigenvalue weighted by atomic mass is 10.00. The van der Waals surface area contributed by atoms with E-state index in [1.807, 2.05) is 0 Å². The number of rotatable bonds is 0. The van der Waals surface area contributed by atoms with Gasteiger partial charge in [0.2, 0.25) is 0 Å². The largest absolute Gasteiger partial charge is 0.456 e. The molecule has 0 amide bonds. The van der Waals surface area contributed by atoms with Crippen molar-refractivity contribution in [3.63, 3.8) is 0 Å². The molecule has 28 rings (SSSR count). The molecular weight excluding hydrogens is 1630 g/mol. The van der Waals surface area contributed by atoms with Crippen LogP contribution in [0.4, 0.5) is 0 Å². The van der Waals surface area contributed by atoms with Crippen LogP contribution in [0, 0.1) is 96.9 Å². The topological polar surface area (TPSA) is 92.0 Å². The van der Waals surface area contributed by atoms with Gasteiger partial charge in [0, 0.05) is 91.6 Å². The van der Waals surface area contributed by atoms with Crippen molar-refractivity contribution in [2.24, 2.45) is 0 Å². The number of fused-ring (bicyclic) bond motifs is 33. The molecule has 0 aliphatic rings. The normalized spacial score (nSPS) is 11.7. The highest BCUT2D eigenvalue weighted by molar-refractivity contribution is 6.23. The van der Waals surface area contributed by atoms with Gasteiger partial charge in [0.1, 0.15) is 78.2 Å². The first-order valence-corrected chi connectivity index (χ1v) is 45.8. The molecule has 644 valence electrons. The van der Waals surface area contributed by atoms with Gasteiger partial charge >= 0.3 is 0 Å². The molecule has 0 aliphatic heterocycles. The van der Waals surface area contributed by atoms with E-state index >= 15 is 0 Å². The van der Waals surface area contributed by atoms with E-state index < -0.39 is 0 Å². The summed E-state index contributed by atoms with van der Waals surface area (Å²) in [4.78, 5) is 0. The summed E-state index contributed by atoms with van der Waals surface area (Å²) in [6.45, 7) is 29.8. The van der Waals surface area contributed by atoms with Crippen LogP contribution in [0.2, 0.25) is 0 Å². The predicted octanol–water partition coefficient (Wildman–Crippen LogP) is 37.5. The van der Waals surface area contributed by atoms with Gasteiger partial charge in [-0.25, -0.2) is 0 Å². The van der Waals surface area contributed by atoms with Gasteiger partial charge in [0.15, 0.2) is 0 Å². The second kappa shape index (κ2) is 33.2. The van der Waals surface area contributed by atoms with E-state index in [1.165, 1.54) is 229 Å². The Labute approximate surface area is 769 Å². The Kier molecular flexibility index (Phi) is 20.7. The molecule has 0 unspecified atom stereocenters. The Morgan fingerprint density at radius 2 is 0.398 bits per heavy atom. The summed E-state index contributed by atoms with van der Waals surface area (Å²) in [5, 5.41) is 34.5. The van der Waals surface area contributed by atoms with Crippen molar-refractivity contribution in [2.75, 3.05) is 0 Å². The molecular formula is C126H98O7. The van der Waals surface area contributed by atoms with Crippen LogP contribution < -0.4 is 0 Å². The minimum Gasteiger partial charge on any atom is -0.456 e. The summed E-state index contributed by atoms with van der Waals surface area (Å²) in [5.41, 5.74) is 31.5. The lowest BCUT2D eigenvalue weighted by Gasteiger charge is -2.02. The minimum atomic E-state index is 0.965. The Bertz CT molecular complexity index is 9520. The lowest BCUT2D eigenvalue weighted by molar-refractivity contribution is 0.668. The van der Waals surface area contributed by atoms with Gasteiger partial charge in [-0.05, 0) is 318 Å². The Hall–Kier alpha value is -16.0. The lowest BCUT2D eigenvalue weighted by Crippen LogP contribution is -1.79. The van der Waals surface area contributed by atoms with Crippen LogP contribution in [-0.4, -0.2) is 0 Å². The van der Waals surface area contributed by atoms with Crippen molar-refractivity contribution in [1.29, 1.82) is 0 Å². The van der Waals surface area contributed by atoms with Gasteiger partial charge in [-0.2, -0.15) is 0 Å². The van der Waals surface area contributed by atoms with Gasteiger partial charge in [-0.15, -0.1) is 0 Å². The smallest absolute Gasteiger partial charge is 0.143 e. The average Bonchev–Trinajstić information content (AvgIpc) is 1.63. The number of aryl methyl sites for hydroxylation is 14. The molecule has 21 aromatic carbocycles. The third-order valence-corrected chi connectivity index (χ3v) is 26.7. The van der Waals surface area contributed by atoms with E-state index in [4.69, 9.17) is 30.9 Å². The molecule has 7 heteroatoms. The Balaban J connectivity index is 0.0000000905. The maximum absolute atomic E-state index is 6.08. The predicted molar refractivity (Wildman–Crippen MR) is 565 cm³/mol. The van der Waals surface area contributed by atoms with Gasteiger partial charge in [0.25, 0.3) is 0 Å². The summed E-state index contributed by atoms with van der Waals surface area (Å²) in [7, 11) is 0. The van der Waals surface area contributed by atoms with Crippen LogP contribution >= 0.6 is 0 Å². The molecule has 7 nitrogen and oxygen atoms in total. The summed E-state index contributed by atoms with van der Waals surface area (Å²) in [6.07, 6.45) is 0. The average molecular weight is 1720 g/mol. The third-order valence-electron chi connectivity index (χ3n) is 26.7. The number of hydrogen-bond acceptors (Lipinski definition) is 7. The van der Waals surface area contributed by atoms with E-state index in [1.54, 1.807) is 0 Å². The van der Waals surface area contributed by atoms with Crippen LogP contribution in [0.15, 0.2) is 371 Å². The van der Waals surface area contributed by atoms with Crippen molar-refractivity contribution in [3.05, 3.63) is 418 Å². The molecule has 0 saturated carbocycles. The van der Waals surface area contributed by atoms with Crippen LogP contribution in [0.5, 0.6) is 0 Å². The van der Waals surface area contributed by atoms with Crippen molar-refractivity contribution < 1.29 is 30.9 Å². The van der Waals surface area contributed by atoms with E-state index in [2.05, 4.69) is 437 Å². The standard InChI is InChI=1S/7C18H14O/c1-11-3-6-14-13(9-11)5-7-15-16-10-12(2)4-8-17(16)19-18(14)15;1-11-3-6-14-13(9-11)5-8-17-18(14)15-10-12(2)4-7-16(15)19-17;1-11-3-5-13-10-18-16(9-14(13)7-11)15-8-12(2)4-6-17(15)19-18;1-11-6-9-17-16(10-11)15-8-7-13-12(2)4-3-5-14(13)18(15)19-17;1-11-6-8-16-15(10-11)18-14-5-3-4-12(2)13(14)7-9-17(18)19-16;1-11-6-7-17-15(8-11)16-10-14-12(2)4-3-5-13(14)9-18(16)19-17;1-11-7-8-17-15(9-11)16-10-12(2)13-5-3-4-6-14(13)18(16)19-17/h7*3-10H,1-2H3. The first kappa shape index (κ1) is 82.7. The molecule has 133 heavy (non-hydrogen) atoms. The van der Waals surface area contributed by atoms with Crippen LogP contribution in [0.25, 0.3) is 229 Å². The van der Waals surface area contributed by atoms with E-state index in [-0.39, 0.29) is 0 Å². The Morgan fingerprint density at radius 1 is 0.120 bits per heavy atom. The van der Waals surface area contributed by atoms with Gasteiger partial charge < -0.3 is 30.9 Å². The molecule has 7 heterocycles. The second-order valence-corrected chi connectivity index (χ2v) is 36.7. The molecule has 7 aromatic heterocycles. The highest BCUT2D eigenvalue weighted by atomic mass is 16.4. The summed E-state index contributed by atoms with van der Waals surface area (Å²) in [5.74, 6) is 0. The van der Waals surface area contributed by atoms with E-state index in [0.29, 0.717) is 0 Å². The fourth-order valence-corrected chi connectivity index (χ4v) is 19.9. The maximum atomic E-state index is 6.08. The second-order valence-electron chi connectivity index (χ2n) is 36.7. The van der Waals surface area contributed by atoms with Crippen molar-refractivity contribution in [2.45, 2.75) is 96.9 Å². The fourth-order valence-electron chi connectivity index (χ4n) is 19.9. The summed E-state index contributed by atoms with van der Waals surface area (Å²) in [6, 6.07) is 120. The number of furan rings is 7. The molecule has 0 bridgehead atoms. The Morgan fingerprint density at radius 3 is 0.940 bits per heavy atom. The zero-order valence-electron chi connectivity index (χ0n) is 77.2. The highest BCUT2D eigenvalue weighted by Crippen LogP contribution is 2.44. The summed E-state index contributed by atoms with van der Waals surface area (Å²) < 4.78 is 42.0. The third kappa shape index (κ3) is 15.2. The van der Waals surface area contributed by atoms with E-state index in [0.717, 1.165) is 78.2 Å². The zero-order valence-corrected chi connectivity index (χ0v) is 77.2. The van der Waals surface area contributed by atoms with Crippen molar-refractivity contribution in [1.82, 2.24) is 0 Å². The first-order chi connectivity index (χ1) is 64.6. The van der Waals surface area contributed by atoms with Crippen molar-refractivity contribution in [3.8, 4) is 0 Å². The quantitative estimate of drug-likeness (QED) is 0.149. The molecule has 0 fully saturated rings. The molecule has 0 N–H and O–H groups in total. The molecule has 0 radical (unpaired) electrons. The van der Waals surface area contributed by atoms with E-state index in [9.17, 15) is 0 Å². The van der Waals surface area contributed by atoms with Crippen molar-refractivity contribution >= 4 is 229 Å². The molecule has 0 spiro atoms. The maximum Gasteiger partial charge on any atom is 0.143 e. The molecule has 28 aromatic rings. The minimum absolute atomic E-state index is 0.965. The summed E-state index contributed by atoms with van der Waals surface area (Å²) >= 11 is 0. The van der Waals surface area contributed by atoms with Gasteiger partial charge in [-0.3, -0.25) is 0 Å². The van der Waals surface area contributed by atoms with Crippen LogP contribution in [-0.2, 0) is 0 Å². The fraction of sp³-hybridized carbons (Fsp3) is 0.111. The zero-order chi connectivity index (χ0) is 90.9. The number of hydrogen-bond donors (Lipinski definition) is 0. The molecule has 0 aliphatic carbocycles. The SMILES string of the molecule is Cc1ccc2c(ccc3c4cc(C)ccc4oc23)c1.Cc1ccc2c(ccc3oc4ccc(C)cc4c32)c1.Cc1ccc2cc3oc4ccc(C)cc4c3cc2c1.Cc1ccc2oc3c4cccc(C)c4ccc3c2c1.Cc1ccc2oc3c4ccccc4c(C)cc3c2c1.Cc1ccc2oc3cc4cccc(C)c4cc3c2c1.Cc1ccc2oc3ccc4c(C)cccc4c3c2c1. The number of benzene rings is 21. The molecule has 0 atom stereocenters. The highest BCUT2D eigenvalue weighted by Gasteiger charge is 2.19. The first-order valence-electron chi connectivity index (χ1n) is 45.8. The van der Waals surface area contributed by atoms with Gasteiger partial charge in [0.05, 0.1) is 0 Å². The van der Waals surface area contributed by atoms with Crippen LogP contribution in [0.1, 0.15) is 77.9 Å².